The van der Waals surface area contributed by atoms with E-state index < -0.39 is 0 Å². The van der Waals surface area contributed by atoms with Gasteiger partial charge in [-0.2, -0.15) is 5.10 Å². The fraction of sp³-hybridized carbons (Fsp3) is 0.786. The van der Waals surface area contributed by atoms with Crippen LogP contribution < -0.4 is 0 Å². The molecule has 1 fully saturated rings. The van der Waals surface area contributed by atoms with Gasteiger partial charge in [-0.05, 0) is 37.7 Å². The van der Waals surface area contributed by atoms with Gasteiger partial charge in [0.25, 0.3) is 0 Å². The average Bonchev–Trinajstić information content (AvgIpc) is 2.73. The lowest BCUT2D eigenvalue weighted by molar-refractivity contribution is 0.304. The largest absolute Gasteiger partial charge is 0.269 e. The molecule has 2 nitrogen and oxygen atoms in total. The van der Waals surface area contributed by atoms with Crippen molar-refractivity contribution in [3.63, 3.8) is 0 Å². The van der Waals surface area contributed by atoms with E-state index in [2.05, 4.69) is 24.6 Å². The number of hydrogen-bond donors (Lipinski definition) is 0. The zero-order valence-electron chi connectivity index (χ0n) is 10.7. The van der Waals surface area contributed by atoms with Gasteiger partial charge in [-0.25, -0.2) is 0 Å². The maximum absolute atomic E-state index is 4.71. The molecule has 1 heterocycles. The summed E-state index contributed by atoms with van der Waals surface area (Å²) in [4.78, 5) is 0. The van der Waals surface area contributed by atoms with E-state index in [0.717, 1.165) is 25.3 Å². The molecule has 0 unspecified atom stereocenters. The van der Waals surface area contributed by atoms with E-state index in [1.54, 1.807) is 0 Å². The normalized spacial score (nSPS) is 17.9. The molecule has 1 aromatic heterocycles. The molecule has 0 amide bonds. The van der Waals surface area contributed by atoms with Crippen molar-refractivity contribution in [3.05, 3.63) is 17.5 Å². The third-order valence-electron chi connectivity index (χ3n) is 3.79. The van der Waals surface area contributed by atoms with E-state index >= 15 is 0 Å². The predicted octanol–water partition coefficient (Wildman–Crippen LogP) is 3.59. The maximum Gasteiger partial charge on any atom is 0.0624 e. The Morgan fingerprint density at radius 2 is 1.94 bits per heavy atom. The zero-order chi connectivity index (χ0) is 11.4. The van der Waals surface area contributed by atoms with Crippen molar-refractivity contribution in [2.75, 3.05) is 0 Å². The fourth-order valence-electron chi connectivity index (χ4n) is 2.74. The van der Waals surface area contributed by atoms with Crippen LogP contribution in [-0.2, 0) is 19.4 Å². The van der Waals surface area contributed by atoms with Crippen molar-refractivity contribution in [1.82, 2.24) is 9.78 Å². The highest BCUT2D eigenvalue weighted by atomic mass is 15.3. The Balaban J connectivity index is 2.03. The van der Waals surface area contributed by atoms with Gasteiger partial charge in [0.2, 0.25) is 0 Å². The van der Waals surface area contributed by atoms with Crippen LogP contribution in [0.25, 0.3) is 0 Å². The number of hydrogen-bond acceptors (Lipinski definition) is 1. The molecule has 1 aliphatic rings. The quantitative estimate of drug-likeness (QED) is 0.758. The second-order valence-corrected chi connectivity index (χ2v) is 5.02. The summed E-state index contributed by atoms with van der Waals surface area (Å²) >= 11 is 0. The highest BCUT2D eigenvalue weighted by molar-refractivity contribution is 5.10. The molecule has 0 aliphatic heterocycles. The van der Waals surface area contributed by atoms with Crippen molar-refractivity contribution in [2.45, 2.75) is 65.3 Å². The maximum atomic E-state index is 4.71. The van der Waals surface area contributed by atoms with Crippen LogP contribution in [0.15, 0.2) is 6.07 Å². The Hall–Kier alpha value is -0.790. The topological polar surface area (TPSA) is 17.8 Å². The van der Waals surface area contributed by atoms with Crippen LogP contribution in [0.4, 0.5) is 0 Å². The minimum Gasteiger partial charge on any atom is -0.269 e. The lowest BCUT2D eigenvalue weighted by Gasteiger charge is -2.22. The minimum atomic E-state index is 0.878. The standard InChI is InChI=1S/C14H24N2/c1-3-13-10-14(4-2)16(15-13)11-12-8-6-5-7-9-12/h10,12H,3-9,11H2,1-2H3. The summed E-state index contributed by atoms with van der Waals surface area (Å²) in [7, 11) is 0. The Morgan fingerprint density at radius 1 is 1.19 bits per heavy atom. The number of nitrogens with zero attached hydrogens (tertiary/aromatic N) is 2. The molecular weight excluding hydrogens is 196 g/mol. The minimum absolute atomic E-state index is 0.878. The van der Waals surface area contributed by atoms with Gasteiger partial charge in [0.15, 0.2) is 0 Å². The predicted molar refractivity (Wildman–Crippen MR) is 67.6 cm³/mol. The number of aromatic nitrogens is 2. The van der Waals surface area contributed by atoms with Gasteiger partial charge in [0, 0.05) is 12.2 Å². The molecule has 1 saturated carbocycles. The first-order valence-corrected chi connectivity index (χ1v) is 6.89. The molecule has 1 aromatic rings. The van der Waals surface area contributed by atoms with Crippen LogP contribution in [0, 0.1) is 5.92 Å². The summed E-state index contributed by atoms with van der Waals surface area (Å²) < 4.78 is 2.27. The third-order valence-corrected chi connectivity index (χ3v) is 3.79. The van der Waals surface area contributed by atoms with Gasteiger partial charge < -0.3 is 0 Å². The van der Waals surface area contributed by atoms with E-state index in [-0.39, 0.29) is 0 Å². The first-order chi connectivity index (χ1) is 7.83. The number of aryl methyl sites for hydroxylation is 2. The van der Waals surface area contributed by atoms with Gasteiger partial charge in [-0.3, -0.25) is 4.68 Å². The molecule has 90 valence electrons. The summed E-state index contributed by atoms with van der Waals surface area (Å²) in [6.07, 6.45) is 9.28. The lowest BCUT2D eigenvalue weighted by Crippen LogP contribution is -2.16. The molecular formula is C14H24N2. The molecule has 0 N–H and O–H groups in total. The molecule has 0 bridgehead atoms. The molecule has 2 rings (SSSR count). The second-order valence-electron chi connectivity index (χ2n) is 5.02. The summed E-state index contributed by atoms with van der Waals surface area (Å²) in [6, 6.07) is 2.28. The van der Waals surface area contributed by atoms with E-state index in [0.29, 0.717) is 0 Å². The van der Waals surface area contributed by atoms with Crippen LogP contribution in [0.5, 0.6) is 0 Å². The van der Waals surface area contributed by atoms with Crippen molar-refractivity contribution in [2.24, 2.45) is 5.92 Å². The van der Waals surface area contributed by atoms with E-state index in [1.165, 1.54) is 43.5 Å². The Labute approximate surface area is 99.0 Å². The first kappa shape index (κ1) is 11.7. The highest BCUT2D eigenvalue weighted by Crippen LogP contribution is 2.25. The lowest BCUT2D eigenvalue weighted by atomic mass is 9.89. The summed E-state index contributed by atoms with van der Waals surface area (Å²) in [5.74, 6) is 0.878. The Bertz CT molecular complexity index is 321. The summed E-state index contributed by atoms with van der Waals surface area (Å²) in [5, 5.41) is 4.71. The van der Waals surface area contributed by atoms with Crippen molar-refractivity contribution >= 4 is 0 Å². The van der Waals surface area contributed by atoms with Gasteiger partial charge in [-0.1, -0.05) is 33.1 Å². The Morgan fingerprint density at radius 3 is 2.56 bits per heavy atom. The molecule has 0 radical (unpaired) electrons. The van der Waals surface area contributed by atoms with Gasteiger partial charge >= 0.3 is 0 Å². The fourth-order valence-corrected chi connectivity index (χ4v) is 2.74. The molecule has 0 atom stereocenters. The molecule has 1 aliphatic carbocycles. The Kier molecular flexibility index (Phi) is 4.03. The summed E-state index contributed by atoms with van der Waals surface area (Å²) in [6.45, 7) is 5.57. The van der Waals surface area contributed by atoms with Gasteiger partial charge in [0.05, 0.1) is 5.69 Å². The smallest absolute Gasteiger partial charge is 0.0624 e. The van der Waals surface area contributed by atoms with Crippen LogP contribution in [-0.4, -0.2) is 9.78 Å². The van der Waals surface area contributed by atoms with Crippen LogP contribution >= 0.6 is 0 Å². The van der Waals surface area contributed by atoms with Crippen LogP contribution in [0.1, 0.15) is 57.3 Å². The van der Waals surface area contributed by atoms with Crippen molar-refractivity contribution < 1.29 is 0 Å². The van der Waals surface area contributed by atoms with Gasteiger partial charge in [-0.15, -0.1) is 0 Å². The third kappa shape index (κ3) is 2.66. The SMILES string of the molecule is CCc1cc(CC)n(CC2CCCCC2)n1. The molecule has 2 heteroatoms. The molecule has 0 saturated heterocycles. The zero-order valence-corrected chi connectivity index (χ0v) is 10.7. The van der Waals surface area contributed by atoms with Crippen molar-refractivity contribution in [3.8, 4) is 0 Å². The van der Waals surface area contributed by atoms with E-state index in [1.807, 2.05) is 0 Å². The van der Waals surface area contributed by atoms with Crippen LogP contribution in [0.3, 0.4) is 0 Å². The number of rotatable bonds is 4. The van der Waals surface area contributed by atoms with Crippen LogP contribution in [0.2, 0.25) is 0 Å². The van der Waals surface area contributed by atoms with Gasteiger partial charge in [0.1, 0.15) is 0 Å². The molecule has 0 spiro atoms. The average molecular weight is 220 g/mol. The van der Waals surface area contributed by atoms with E-state index in [4.69, 9.17) is 5.10 Å². The molecule has 0 aromatic carbocycles. The van der Waals surface area contributed by atoms with Crippen molar-refractivity contribution in [1.29, 1.82) is 0 Å². The second kappa shape index (κ2) is 5.51. The van der Waals surface area contributed by atoms with E-state index in [9.17, 15) is 0 Å². The highest BCUT2D eigenvalue weighted by Gasteiger charge is 2.16. The monoisotopic (exact) mass is 220 g/mol. The first-order valence-electron chi connectivity index (χ1n) is 6.89. The summed E-state index contributed by atoms with van der Waals surface area (Å²) in [5.41, 5.74) is 2.68. The molecule has 16 heavy (non-hydrogen) atoms.